The Balaban J connectivity index is 1.51. The van der Waals surface area contributed by atoms with Crippen LogP contribution < -0.4 is 0 Å². The molecule has 1 fully saturated rings. The first-order valence-electron chi connectivity index (χ1n) is 8.70. The van der Waals surface area contributed by atoms with Crippen LogP contribution in [0.5, 0.6) is 0 Å². The van der Waals surface area contributed by atoms with Crippen molar-refractivity contribution in [2.45, 2.75) is 19.5 Å². The Morgan fingerprint density at radius 2 is 1.84 bits per heavy atom. The fourth-order valence-corrected chi connectivity index (χ4v) is 2.99. The zero-order valence-electron chi connectivity index (χ0n) is 15.0. The van der Waals surface area contributed by atoms with Gasteiger partial charge in [-0.15, -0.1) is 0 Å². The molecule has 6 nitrogen and oxygen atoms in total. The summed E-state index contributed by atoms with van der Waals surface area (Å²) < 4.78 is 7.13. The van der Waals surface area contributed by atoms with E-state index in [1.165, 1.54) is 5.56 Å². The van der Waals surface area contributed by atoms with Gasteiger partial charge in [0.1, 0.15) is 0 Å². The van der Waals surface area contributed by atoms with Crippen LogP contribution in [0.15, 0.2) is 36.5 Å². The van der Waals surface area contributed by atoms with Crippen molar-refractivity contribution in [3.8, 4) is 0 Å². The van der Waals surface area contributed by atoms with Crippen LogP contribution in [0.1, 0.15) is 16.8 Å². The minimum atomic E-state index is 0.0981. The number of carbonyl (C=O) groups excluding carboxylic acids is 1. The molecular weight excluding hydrogens is 316 g/mol. The Kier molecular flexibility index (Phi) is 5.83. The quantitative estimate of drug-likeness (QED) is 0.797. The predicted molar refractivity (Wildman–Crippen MR) is 95.9 cm³/mol. The van der Waals surface area contributed by atoms with E-state index in [0.717, 1.165) is 44.1 Å². The third kappa shape index (κ3) is 4.90. The average Bonchev–Trinajstić information content (AvgIpc) is 3.02. The highest BCUT2D eigenvalue weighted by Gasteiger charge is 2.13. The predicted octanol–water partition coefficient (Wildman–Crippen LogP) is 1.45. The van der Waals surface area contributed by atoms with Gasteiger partial charge in [0.2, 0.25) is 5.91 Å². The Morgan fingerprint density at radius 1 is 1.16 bits per heavy atom. The summed E-state index contributed by atoms with van der Waals surface area (Å²) in [5.74, 6) is 0.0981. The zero-order valence-corrected chi connectivity index (χ0v) is 15.0. The number of carbonyl (C=O) groups is 1. The molecule has 2 aromatic rings. The smallest absolute Gasteiger partial charge is 0.228 e. The van der Waals surface area contributed by atoms with E-state index >= 15 is 0 Å². The molecule has 0 radical (unpaired) electrons. The second-order valence-corrected chi connectivity index (χ2v) is 6.58. The number of morpholine rings is 1. The standard InChI is InChI=1S/C19H26N4O2/c1-21(19(24)13-18-7-8-20-22(18)2)14-16-3-5-17(6-4-16)15-23-9-11-25-12-10-23/h3-8H,9-15H2,1-2H3. The van der Waals surface area contributed by atoms with Crippen LogP contribution in [0.4, 0.5) is 0 Å². The minimum absolute atomic E-state index is 0.0981. The van der Waals surface area contributed by atoms with Crippen LogP contribution in [-0.4, -0.2) is 58.8 Å². The summed E-state index contributed by atoms with van der Waals surface area (Å²) in [4.78, 5) is 16.5. The van der Waals surface area contributed by atoms with E-state index in [2.05, 4.69) is 34.3 Å². The largest absolute Gasteiger partial charge is 0.379 e. The van der Waals surface area contributed by atoms with Crippen LogP contribution in [0.3, 0.4) is 0 Å². The summed E-state index contributed by atoms with van der Waals surface area (Å²) >= 11 is 0. The van der Waals surface area contributed by atoms with Crippen LogP contribution in [0, 0.1) is 0 Å². The van der Waals surface area contributed by atoms with Gasteiger partial charge in [0.15, 0.2) is 0 Å². The van der Waals surface area contributed by atoms with Gasteiger partial charge < -0.3 is 9.64 Å². The molecule has 0 atom stereocenters. The number of benzene rings is 1. The second-order valence-electron chi connectivity index (χ2n) is 6.58. The van der Waals surface area contributed by atoms with E-state index in [9.17, 15) is 4.79 Å². The molecule has 1 aromatic carbocycles. The molecule has 25 heavy (non-hydrogen) atoms. The van der Waals surface area contributed by atoms with Gasteiger partial charge in [-0.1, -0.05) is 24.3 Å². The molecular formula is C19H26N4O2. The Labute approximate surface area is 149 Å². The van der Waals surface area contributed by atoms with Gasteiger partial charge >= 0.3 is 0 Å². The van der Waals surface area contributed by atoms with Crippen molar-refractivity contribution >= 4 is 5.91 Å². The van der Waals surface area contributed by atoms with Gasteiger partial charge in [0, 0.05) is 52.2 Å². The summed E-state index contributed by atoms with van der Waals surface area (Å²) in [6, 6.07) is 10.4. The van der Waals surface area contributed by atoms with Gasteiger partial charge in [-0.25, -0.2) is 0 Å². The minimum Gasteiger partial charge on any atom is -0.379 e. The van der Waals surface area contributed by atoms with Gasteiger partial charge in [-0.05, 0) is 17.2 Å². The molecule has 0 unspecified atom stereocenters. The van der Waals surface area contributed by atoms with E-state index in [-0.39, 0.29) is 5.91 Å². The Morgan fingerprint density at radius 3 is 2.48 bits per heavy atom. The van der Waals surface area contributed by atoms with E-state index in [1.54, 1.807) is 15.8 Å². The first-order valence-corrected chi connectivity index (χ1v) is 8.70. The number of rotatable bonds is 6. The van der Waals surface area contributed by atoms with Crippen LogP contribution >= 0.6 is 0 Å². The highest BCUT2D eigenvalue weighted by atomic mass is 16.5. The van der Waals surface area contributed by atoms with Crippen LogP contribution in [0.2, 0.25) is 0 Å². The third-order valence-corrected chi connectivity index (χ3v) is 4.63. The van der Waals surface area contributed by atoms with E-state index < -0.39 is 0 Å². The van der Waals surface area contributed by atoms with Crippen molar-refractivity contribution in [2.75, 3.05) is 33.4 Å². The topological polar surface area (TPSA) is 50.6 Å². The van der Waals surface area contributed by atoms with Gasteiger partial charge in [0.05, 0.1) is 19.6 Å². The Bertz CT molecular complexity index is 690. The fraction of sp³-hybridized carbons (Fsp3) is 0.474. The first kappa shape index (κ1) is 17.6. The number of hydrogen-bond acceptors (Lipinski definition) is 4. The number of aromatic nitrogens is 2. The summed E-state index contributed by atoms with van der Waals surface area (Å²) in [5, 5.41) is 4.10. The van der Waals surface area contributed by atoms with E-state index in [1.807, 2.05) is 20.2 Å². The molecule has 0 aliphatic carbocycles. The Hall–Kier alpha value is -2.18. The van der Waals surface area contributed by atoms with Crippen molar-refractivity contribution < 1.29 is 9.53 Å². The number of nitrogens with zero attached hydrogens (tertiary/aromatic N) is 4. The molecule has 1 aliphatic heterocycles. The molecule has 0 spiro atoms. The zero-order chi connectivity index (χ0) is 17.6. The summed E-state index contributed by atoms with van der Waals surface area (Å²) in [6.45, 7) is 5.21. The van der Waals surface area contributed by atoms with Crippen molar-refractivity contribution in [3.63, 3.8) is 0 Å². The molecule has 134 valence electrons. The maximum absolute atomic E-state index is 12.4. The lowest BCUT2D eigenvalue weighted by molar-refractivity contribution is -0.129. The lowest BCUT2D eigenvalue weighted by Crippen LogP contribution is -2.35. The highest BCUT2D eigenvalue weighted by Crippen LogP contribution is 2.11. The first-order chi connectivity index (χ1) is 12.1. The van der Waals surface area contributed by atoms with Crippen molar-refractivity contribution in [2.24, 2.45) is 7.05 Å². The van der Waals surface area contributed by atoms with Crippen molar-refractivity contribution in [3.05, 3.63) is 53.3 Å². The molecule has 2 heterocycles. The SMILES string of the molecule is CN(Cc1ccc(CN2CCOCC2)cc1)C(=O)Cc1ccnn1C. The summed E-state index contributed by atoms with van der Waals surface area (Å²) in [7, 11) is 3.70. The number of aryl methyl sites for hydroxylation is 1. The van der Waals surface area contributed by atoms with E-state index in [0.29, 0.717) is 13.0 Å². The molecule has 1 aliphatic rings. The molecule has 0 bridgehead atoms. The van der Waals surface area contributed by atoms with Crippen molar-refractivity contribution in [1.82, 2.24) is 19.6 Å². The molecule has 1 amide bonds. The number of ether oxygens (including phenoxy) is 1. The van der Waals surface area contributed by atoms with Gasteiger partial charge in [-0.3, -0.25) is 14.4 Å². The lowest BCUT2D eigenvalue weighted by atomic mass is 10.1. The van der Waals surface area contributed by atoms with Crippen LogP contribution in [-0.2, 0) is 36.1 Å². The summed E-state index contributed by atoms with van der Waals surface area (Å²) in [6.07, 6.45) is 2.10. The number of hydrogen-bond donors (Lipinski definition) is 0. The average molecular weight is 342 g/mol. The number of amides is 1. The highest BCUT2D eigenvalue weighted by molar-refractivity contribution is 5.78. The molecule has 3 rings (SSSR count). The molecule has 0 saturated carbocycles. The number of likely N-dealkylation sites (N-methyl/N-ethyl adjacent to an activating group) is 1. The van der Waals surface area contributed by atoms with Gasteiger partial charge in [0.25, 0.3) is 0 Å². The monoisotopic (exact) mass is 342 g/mol. The molecule has 1 aromatic heterocycles. The van der Waals surface area contributed by atoms with Gasteiger partial charge in [-0.2, -0.15) is 5.10 Å². The maximum atomic E-state index is 12.4. The third-order valence-electron chi connectivity index (χ3n) is 4.63. The normalized spacial score (nSPS) is 15.3. The second kappa shape index (κ2) is 8.27. The fourth-order valence-electron chi connectivity index (χ4n) is 2.99. The lowest BCUT2D eigenvalue weighted by Gasteiger charge is -2.26. The molecule has 6 heteroatoms. The van der Waals surface area contributed by atoms with Crippen molar-refractivity contribution in [1.29, 1.82) is 0 Å². The molecule has 0 N–H and O–H groups in total. The maximum Gasteiger partial charge on any atom is 0.228 e. The van der Waals surface area contributed by atoms with E-state index in [4.69, 9.17) is 4.74 Å². The summed E-state index contributed by atoms with van der Waals surface area (Å²) in [5.41, 5.74) is 3.37. The van der Waals surface area contributed by atoms with Crippen LogP contribution in [0.25, 0.3) is 0 Å². The molecule has 1 saturated heterocycles.